The fraction of sp³-hybridized carbons (Fsp3) is 0.500. The molecule has 0 saturated heterocycles. The summed E-state index contributed by atoms with van der Waals surface area (Å²) in [5.74, 6) is 0.882. The van der Waals surface area contributed by atoms with Crippen LogP contribution in [0.2, 0.25) is 0 Å². The van der Waals surface area contributed by atoms with E-state index in [1.165, 1.54) is 6.33 Å². The Morgan fingerprint density at radius 2 is 2.24 bits per heavy atom. The molecule has 0 unspecified atom stereocenters. The van der Waals surface area contributed by atoms with Crippen molar-refractivity contribution in [3.05, 3.63) is 12.7 Å². The van der Waals surface area contributed by atoms with Crippen LogP contribution >= 0.6 is 0 Å². The number of rotatable bonds is 2. The van der Waals surface area contributed by atoms with E-state index in [1.54, 1.807) is 10.9 Å². The van der Waals surface area contributed by atoms with E-state index in [-0.39, 0.29) is 18.6 Å². The molecule has 1 saturated carbocycles. The number of anilines is 1. The summed E-state index contributed by atoms with van der Waals surface area (Å²) in [7, 11) is 0. The highest BCUT2D eigenvalue weighted by molar-refractivity contribution is 5.64. The zero-order valence-corrected chi connectivity index (χ0v) is 9.06. The molecule has 7 heteroatoms. The fourth-order valence-electron chi connectivity index (χ4n) is 2.27. The highest BCUT2D eigenvalue weighted by Gasteiger charge is 2.41. The van der Waals surface area contributed by atoms with Gasteiger partial charge in [0.05, 0.1) is 18.5 Å². The van der Waals surface area contributed by atoms with Crippen molar-refractivity contribution in [1.29, 1.82) is 0 Å². The minimum Gasteiger partial charge on any atom is -0.396 e. The number of nitrogens with zero attached hydrogens (tertiary/aromatic N) is 4. The number of hydrogen-bond donors (Lipinski definition) is 3. The molecule has 2 aliphatic heterocycles. The molecule has 1 fully saturated rings. The fourth-order valence-corrected chi connectivity index (χ4v) is 2.27. The average Bonchev–Trinajstić information content (AvgIpc) is 2.80. The second-order valence-electron chi connectivity index (χ2n) is 4.32. The lowest BCUT2D eigenvalue weighted by molar-refractivity contribution is -0.0559. The van der Waals surface area contributed by atoms with Crippen LogP contribution in [0.15, 0.2) is 12.7 Å². The second-order valence-corrected chi connectivity index (χ2v) is 4.32. The molecule has 0 amide bonds. The predicted octanol–water partition coefficient (Wildman–Crippen LogP) is -0.726. The van der Waals surface area contributed by atoms with Crippen LogP contribution in [0.5, 0.6) is 0 Å². The quantitative estimate of drug-likeness (QED) is 0.633. The van der Waals surface area contributed by atoms with Gasteiger partial charge < -0.3 is 20.5 Å². The maximum Gasteiger partial charge on any atom is 0.184 e. The molecule has 2 heterocycles. The Morgan fingerprint density at radius 3 is 2.94 bits per heavy atom. The average molecular weight is 235 g/mol. The summed E-state index contributed by atoms with van der Waals surface area (Å²) < 4.78 is 1.70. The van der Waals surface area contributed by atoms with E-state index in [0.29, 0.717) is 23.8 Å². The molecule has 1 aliphatic carbocycles. The van der Waals surface area contributed by atoms with Crippen LogP contribution in [0.4, 0.5) is 5.82 Å². The Labute approximate surface area is 97.3 Å². The Morgan fingerprint density at radius 1 is 1.41 bits per heavy atom. The second kappa shape index (κ2) is 3.64. The smallest absolute Gasteiger partial charge is 0.184 e. The number of nitrogens with two attached hydrogens (primary N) is 1. The van der Waals surface area contributed by atoms with Crippen LogP contribution in [0.1, 0.15) is 12.5 Å². The van der Waals surface area contributed by atoms with Crippen molar-refractivity contribution in [2.45, 2.75) is 18.6 Å². The highest BCUT2D eigenvalue weighted by atomic mass is 16.3. The zero-order chi connectivity index (χ0) is 12.0. The summed E-state index contributed by atoms with van der Waals surface area (Å²) in [4.78, 5) is 12.1. The maximum absolute atomic E-state index is 9.87. The Kier molecular flexibility index (Phi) is 2.23. The molecule has 0 bridgehead atoms. The molecule has 0 aromatic carbocycles. The number of aliphatic hydroxyl groups is 2. The van der Waals surface area contributed by atoms with Crippen molar-refractivity contribution in [2.75, 3.05) is 12.3 Å². The molecule has 0 radical (unpaired) electrons. The van der Waals surface area contributed by atoms with E-state index in [0.717, 1.165) is 0 Å². The summed E-state index contributed by atoms with van der Waals surface area (Å²) >= 11 is 0. The minimum atomic E-state index is -0.588. The first-order valence-electron chi connectivity index (χ1n) is 5.44. The van der Waals surface area contributed by atoms with Gasteiger partial charge in [0.25, 0.3) is 0 Å². The van der Waals surface area contributed by atoms with Gasteiger partial charge in [-0.2, -0.15) is 0 Å². The van der Waals surface area contributed by atoms with Gasteiger partial charge in [0.15, 0.2) is 5.82 Å². The van der Waals surface area contributed by atoms with Gasteiger partial charge in [0, 0.05) is 12.5 Å². The molecule has 3 aliphatic rings. The van der Waals surface area contributed by atoms with Gasteiger partial charge in [0.2, 0.25) is 0 Å². The third-order valence-corrected chi connectivity index (χ3v) is 3.42. The number of aromatic nitrogens is 4. The van der Waals surface area contributed by atoms with Crippen molar-refractivity contribution in [3.8, 4) is 11.5 Å². The van der Waals surface area contributed by atoms with E-state index in [9.17, 15) is 5.11 Å². The number of aliphatic hydroxyl groups excluding tert-OH is 2. The van der Waals surface area contributed by atoms with Gasteiger partial charge in [0.1, 0.15) is 17.8 Å². The molecule has 3 atom stereocenters. The lowest BCUT2D eigenvalue weighted by Crippen LogP contribution is -2.45. The summed E-state index contributed by atoms with van der Waals surface area (Å²) in [6.45, 7) is -0.00993. The largest absolute Gasteiger partial charge is 0.396 e. The molecule has 17 heavy (non-hydrogen) atoms. The van der Waals surface area contributed by atoms with E-state index in [4.69, 9.17) is 10.8 Å². The van der Waals surface area contributed by atoms with Gasteiger partial charge in [-0.3, -0.25) is 0 Å². The molecule has 7 nitrogen and oxygen atoms in total. The Hall–Kier alpha value is -1.73. The first kappa shape index (κ1) is 10.4. The summed E-state index contributed by atoms with van der Waals surface area (Å²) in [5.41, 5.74) is 6.52. The van der Waals surface area contributed by atoms with Gasteiger partial charge >= 0.3 is 0 Å². The number of fused-ring (bicyclic) bond motifs is 1. The monoisotopic (exact) mass is 235 g/mol. The SMILES string of the molecule is Nc1c2ncnc-2ncn1[C@H]1C[C@H](CO)[C@H]1O. The van der Waals surface area contributed by atoms with E-state index in [1.807, 2.05) is 0 Å². The van der Waals surface area contributed by atoms with E-state index in [2.05, 4.69) is 15.0 Å². The van der Waals surface area contributed by atoms with Crippen molar-refractivity contribution < 1.29 is 10.2 Å². The van der Waals surface area contributed by atoms with Crippen LogP contribution in [-0.2, 0) is 0 Å². The molecule has 90 valence electrons. The third-order valence-electron chi connectivity index (χ3n) is 3.42. The number of nitrogen functional groups attached to an aromatic ring is 1. The molecule has 0 spiro atoms. The standard InChI is InChI=1S/C10H13N5O2/c11-9-7-10(13-3-12-7)14-4-15(9)6-1-5(2-16)8(6)17/h3-6,8,16-17H,1-2,11H2/t5-,6+,8-/m1/s1. The van der Waals surface area contributed by atoms with Crippen LogP contribution < -0.4 is 5.73 Å². The molecule has 0 aromatic rings. The van der Waals surface area contributed by atoms with E-state index < -0.39 is 6.10 Å². The lowest BCUT2D eigenvalue weighted by atomic mass is 9.77. The molecule has 4 N–H and O–H groups in total. The maximum atomic E-state index is 9.87. The number of imidazole rings is 1. The lowest BCUT2D eigenvalue weighted by Gasteiger charge is -2.42. The van der Waals surface area contributed by atoms with Crippen molar-refractivity contribution in [3.63, 3.8) is 0 Å². The van der Waals surface area contributed by atoms with Gasteiger partial charge in [-0.25, -0.2) is 15.0 Å². The normalized spacial score (nSPS) is 28.2. The zero-order valence-electron chi connectivity index (χ0n) is 9.06. The number of hydrogen-bond acceptors (Lipinski definition) is 6. The molecule has 3 rings (SSSR count). The van der Waals surface area contributed by atoms with Crippen molar-refractivity contribution in [2.24, 2.45) is 5.92 Å². The predicted molar refractivity (Wildman–Crippen MR) is 59.1 cm³/mol. The summed E-state index contributed by atoms with van der Waals surface area (Å²) in [5, 5.41) is 18.9. The van der Waals surface area contributed by atoms with Crippen LogP contribution in [0.25, 0.3) is 11.5 Å². The van der Waals surface area contributed by atoms with Crippen LogP contribution in [-0.4, -0.2) is 42.4 Å². The van der Waals surface area contributed by atoms with Crippen molar-refractivity contribution >= 4 is 5.82 Å². The third kappa shape index (κ3) is 1.39. The van der Waals surface area contributed by atoms with E-state index >= 15 is 0 Å². The molecule has 0 aromatic heterocycles. The van der Waals surface area contributed by atoms with Crippen LogP contribution in [0, 0.1) is 5.92 Å². The highest BCUT2D eigenvalue weighted by Crippen LogP contribution is 2.40. The molecular formula is C10H13N5O2. The molecular weight excluding hydrogens is 222 g/mol. The Bertz CT molecular complexity index is 514. The summed E-state index contributed by atoms with van der Waals surface area (Å²) in [6, 6.07) is -0.138. The van der Waals surface area contributed by atoms with Crippen molar-refractivity contribution in [1.82, 2.24) is 19.5 Å². The van der Waals surface area contributed by atoms with Gasteiger partial charge in [-0.05, 0) is 6.42 Å². The van der Waals surface area contributed by atoms with Gasteiger partial charge in [-0.15, -0.1) is 0 Å². The summed E-state index contributed by atoms with van der Waals surface area (Å²) in [6.07, 6.45) is 3.07. The Balaban J connectivity index is 1.97. The van der Waals surface area contributed by atoms with Crippen LogP contribution in [0.3, 0.4) is 0 Å². The van der Waals surface area contributed by atoms with Gasteiger partial charge in [-0.1, -0.05) is 0 Å². The first-order valence-corrected chi connectivity index (χ1v) is 5.44. The first-order chi connectivity index (χ1) is 8.22. The minimum absolute atomic E-state index is 0.00993. The topological polar surface area (TPSA) is 110 Å².